The van der Waals surface area contributed by atoms with Gasteiger partial charge in [-0.15, -0.1) is 0 Å². The molecule has 0 saturated heterocycles. The fourth-order valence-electron chi connectivity index (χ4n) is 0.493. The average molecular weight is 210 g/mol. The molecule has 0 bridgehead atoms. The minimum atomic E-state index is 0. The van der Waals surface area contributed by atoms with Gasteiger partial charge in [0.05, 0.1) is 34.1 Å². The number of carbonyl (C=O) groups excluding carboxylic acids is 1. The number of nitrogens with zero attached hydrogens (tertiary/aromatic N) is 1. The van der Waals surface area contributed by atoms with Gasteiger partial charge in [0.25, 0.3) is 0 Å². The summed E-state index contributed by atoms with van der Waals surface area (Å²) in [6, 6.07) is 0. The quantitative estimate of drug-likeness (QED) is 0.478. The van der Waals surface area contributed by atoms with Crippen LogP contribution in [0.1, 0.15) is 13.3 Å². The van der Waals surface area contributed by atoms with Gasteiger partial charge in [-0.25, -0.2) is 0 Å². The van der Waals surface area contributed by atoms with Gasteiger partial charge in [-0.05, 0) is 6.92 Å². The van der Waals surface area contributed by atoms with Crippen LogP contribution in [0.2, 0.25) is 0 Å². The van der Waals surface area contributed by atoms with Crippen molar-refractivity contribution in [1.82, 2.24) is 0 Å². The second-order valence-corrected chi connectivity index (χ2v) is 3.47. The van der Waals surface area contributed by atoms with Gasteiger partial charge in [-0.2, -0.15) is 0 Å². The van der Waals surface area contributed by atoms with E-state index in [4.69, 9.17) is 0 Å². The maximum Gasteiger partial charge on any atom is 0.135 e. The molecule has 0 atom stereocenters. The molecule has 0 saturated carbocycles. The van der Waals surface area contributed by atoms with Gasteiger partial charge in [0.15, 0.2) is 0 Å². The van der Waals surface area contributed by atoms with Gasteiger partial charge in [0.1, 0.15) is 5.78 Å². The van der Waals surface area contributed by atoms with Crippen molar-refractivity contribution < 1.29 is 26.3 Å². The zero-order valence-electron chi connectivity index (χ0n) is 7.15. The minimum Gasteiger partial charge on any atom is -1.00 e. The Morgan fingerprint density at radius 3 is 1.80 bits per heavy atom. The Morgan fingerprint density at radius 2 is 1.70 bits per heavy atom. The molecule has 0 aromatic carbocycles. The standard InChI is InChI=1S/C7H16NO.BrH/c1-7(9)5-6-8(2,3)4;/h5-6H2,1-4H3;1H/q+1;/p-1. The summed E-state index contributed by atoms with van der Waals surface area (Å²) in [6.45, 7) is 2.57. The first-order valence-electron chi connectivity index (χ1n) is 3.22. The summed E-state index contributed by atoms with van der Waals surface area (Å²) < 4.78 is 0.875. The molecule has 0 unspecified atom stereocenters. The molecule has 3 heteroatoms. The number of hydrogen-bond acceptors (Lipinski definition) is 1. The fourth-order valence-corrected chi connectivity index (χ4v) is 0.493. The zero-order valence-corrected chi connectivity index (χ0v) is 8.73. The Morgan fingerprint density at radius 1 is 1.30 bits per heavy atom. The van der Waals surface area contributed by atoms with Crippen molar-refractivity contribution in [3.63, 3.8) is 0 Å². The summed E-state index contributed by atoms with van der Waals surface area (Å²) >= 11 is 0. The van der Waals surface area contributed by atoms with E-state index in [1.807, 2.05) is 0 Å². The molecular weight excluding hydrogens is 194 g/mol. The Labute approximate surface area is 73.6 Å². The van der Waals surface area contributed by atoms with Gasteiger partial charge in [0.2, 0.25) is 0 Å². The van der Waals surface area contributed by atoms with Crippen LogP contribution in [0, 0.1) is 0 Å². The third-order valence-electron chi connectivity index (χ3n) is 1.13. The van der Waals surface area contributed by atoms with E-state index in [1.54, 1.807) is 6.92 Å². The summed E-state index contributed by atoms with van der Waals surface area (Å²) in [5.41, 5.74) is 0. The first kappa shape index (κ1) is 12.8. The van der Waals surface area contributed by atoms with Crippen molar-refractivity contribution in [1.29, 1.82) is 0 Å². The van der Waals surface area contributed by atoms with E-state index in [2.05, 4.69) is 21.1 Å². The van der Waals surface area contributed by atoms with Crippen molar-refractivity contribution in [3.05, 3.63) is 0 Å². The monoisotopic (exact) mass is 209 g/mol. The Balaban J connectivity index is 0. The molecule has 0 heterocycles. The molecule has 0 aromatic heterocycles. The average Bonchev–Trinajstić information content (AvgIpc) is 1.59. The van der Waals surface area contributed by atoms with Crippen LogP contribution in [0.15, 0.2) is 0 Å². The highest BCUT2D eigenvalue weighted by molar-refractivity contribution is 5.75. The molecule has 0 aliphatic heterocycles. The molecule has 0 amide bonds. The molecule has 62 valence electrons. The highest BCUT2D eigenvalue weighted by atomic mass is 79.9. The van der Waals surface area contributed by atoms with Gasteiger partial charge in [-0.1, -0.05) is 0 Å². The van der Waals surface area contributed by atoms with Crippen molar-refractivity contribution in [3.8, 4) is 0 Å². The van der Waals surface area contributed by atoms with Crippen molar-refractivity contribution in [2.75, 3.05) is 27.7 Å². The number of carbonyl (C=O) groups is 1. The van der Waals surface area contributed by atoms with E-state index >= 15 is 0 Å². The molecular formula is C7H16BrNO. The summed E-state index contributed by atoms with van der Waals surface area (Å²) in [5.74, 6) is 0.281. The molecule has 0 aliphatic rings. The van der Waals surface area contributed by atoms with Crippen LogP contribution in [0.4, 0.5) is 0 Å². The van der Waals surface area contributed by atoms with E-state index in [-0.39, 0.29) is 22.8 Å². The van der Waals surface area contributed by atoms with Crippen LogP contribution >= 0.6 is 0 Å². The third-order valence-corrected chi connectivity index (χ3v) is 1.13. The van der Waals surface area contributed by atoms with Gasteiger partial charge in [0, 0.05) is 0 Å². The van der Waals surface area contributed by atoms with E-state index in [0.29, 0.717) is 6.42 Å². The summed E-state index contributed by atoms with van der Waals surface area (Å²) in [6.07, 6.45) is 0.698. The number of ketones is 1. The molecule has 0 fully saturated rings. The maximum absolute atomic E-state index is 10.5. The van der Waals surface area contributed by atoms with Crippen LogP contribution in [-0.2, 0) is 4.79 Å². The predicted molar refractivity (Wildman–Crippen MR) is 38.2 cm³/mol. The molecule has 0 spiro atoms. The normalized spacial score (nSPS) is 10.4. The smallest absolute Gasteiger partial charge is 0.135 e. The molecule has 2 nitrogen and oxygen atoms in total. The summed E-state index contributed by atoms with van der Waals surface area (Å²) in [5, 5.41) is 0. The van der Waals surface area contributed by atoms with Crippen molar-refractivity contribution in [2.24, 2.45) is 0 Å². The van der Waals surface area contributed by atoms with Gasteiger partial charge < -0.3 is 21.5 Å². The summed E-state index contributed by atoms with van der Waals surface area (Å²) in [4.78, 5) is 10.5. The van der Waals surface area contributed by atoms with Crippen LogP contribution < -0.4 is 17.0 Å². The van der Waals surface area contributed by atoms with E-state index in [1.165, 1.54) is 0 Å². The lowest BCUT2D eigenvalue weighted by atomic mass is 10.3. The first-order valence-corrected chi connectivity index (χ1v) is 3.22. The van der Waals surface area contributed by atoms with E-state index < -0.39 is 0 Å². The molecule has 0 N–H and O–H groups in total. The number of halogens is 1. The van der Waals surface area contributed by atoms with Crippen LogP contribution in [0.25, 0.3) is 0 Å². The third kappa shape index (κ3) is 11.0. The molecule has 0 aliphatic carbocycles. The number of hydrogen-bond donors (Lipinski definition) is 0. The predicted octanol–water partition coefficient (Wildman–Crippen LogP) is -2.32. The lowest BCUT2D eigenvalue weighted by Crippen LogP contribution is -3.00. The van der Waals surface area contributed by atoms with Crippen LogP contribution in [0.5, 0.6) is 0 Å². The van der Waals surface area contributed by atoms with Crippen LogP contribution in [-0.4, -0.2) is 38.0 Å². The molecule has 0 aromatic rings. The number of rotatable bonds is 3. The molecule has 10 heavy (non-hydrogen) atoms. The number of quaternary nitrogens is 1. The lowest BCUT2D eigenvalue weighted by Gasteiger charge is -2.22. The molecule has 0 radical (unpaired) electrons. The highest BCUT2D eigenvalue weighted by Crippen LogP contribution is 1.92. The lowest BCUT2D eigenvalue weighted by molar-refractivity contribution is -0.869. The van der Waals surface area contributed by atoms with Crippen LogP contribution in [0.3, 0.4) is 0 Å². The van der Waals surface area contributed by atoms with Gasteiger partial charge >= 0.3 is 0 Å². The number of Topliss-reactive ketones (excluding diaryl/α,β-unsaturated/α-hetero) is 1. The molecule has 0 rings (SSSR count). The Bertz CT molecular complexity index is 107. The van der Waals surface area contributed by atoms with Crippen molar-refractivity contribution >= 4 is 5.78 Å². The van der Waals surface area contributed by atoms with Crippen molar-refractivity contribution in [2.45, 2.75) is 13.3 Å². The zero-order chi connectivity index (χ0) is 7.49. The topological polar surface area (TPSA) is 17.1 Å². The van der Waals surface area contributed by atoms with E-state index in [0.717, 1.165) is 11.0 Å². The first-order chi connectivity index (χ1) is 3.92. The highest BCUT2D eigenvalue weighted by Gasteiger charge is 2.06. The van der Waals surface area contributed by atoms with Gasteiger partial charge in [-0.3, -0.25) is 4.79 Å². The second kappa shape index (κ2) is 4.85. The largest absolute Gasteiger partial charge is 1.00 e. The fraction of sp³-hybridized carbons (Fsp3) is 0.857. The maximum atomic E-state index is 10.5. The van der Waals surface area contributed by atoms with E-state index in [9.17, 15) is 4.79 Å². The SMILES string of the molecule is CC(=O)CC[N+](C)(C)C.[Br-]. The Hall–Kier alpha value is 0.110. The Kier molecular flexibility index (Phi) is 6.19. The minimum absolute atomic E-state index is 0. The second-order valence-electron chi connectivity index (χ2n) is 3.47. The summed E-state index contributed by atoms with van der Waals surface area (Å²) in [7, 11) is 6.26.